The van der Waals surface area contributed by atoms with Gasteiger partial charge in [-0.25, -0.2) is 0 Å². The Hall–Kier alpha value is -4.06. The van der Waals surface area contributed by atoms with Gasteiger partial charge in [0.1, 0.15) is 11.5 Å². The van der Waals surface area contributed by atoms with Gasteiger partial charge in [-0.2, -0.15) is 0 Å². The van der Waals surface area contributed by atoms with Gasteiger partial charge in [0.2, 0.25) is 17.6 Å². The molecule has 5 atom stereocenters. The summed E-state index contributed by atoms with van der Waals surface area (Å²) in [5.74, 6) is -7.69. The summed E-state index contributed by atoms with van der Waals surface area (Å²) in [4.78, 5) is 51.4. The molecular weight excluding hydrogens is 506 g/mol. The third-order valence-electron chi connectivity index (χ3n) is 7.97. The van der Waals surface area contributed by atoms with E-state index in [4.69, 9.17) is 5.73 Å². The third kappa shape index (κ3) is 4.38. The lowest BCUT2D eigenvalue weighted by Crippen LogP contribution is -2.62. The van der Waals surface area contributed by atoms with E-state index in [9.17, 15) is 39.6 Å². The zero-order chi connectivity index (χ0) is 28.1. The fourth-order valence-corrected chi connectivity index (χ4v) is 6.17. The minimum atomic E-state index is -2.47. The molecule has 0 aromatic heterocycles. The molecule has 3 aliphatic carbocycles. The van der Waals surface area contributed by atoms with Crippen molar-refractivity contribution in [2.45, 2.75) is 43.4 Å². The largest absolute Gasteiger partial charge is 0.507 e. The van der Waals surface area contributed by atoms with Crippen LogP contribution in [0.1, 0.15) is 41.9 Å². The number of amides is 2. The Bertz CT molecular complexity index is 1410. The van der Waals surface area contributed by atoms with E-state index >= 15 is 0 Å². The van der Waals surface area contributed by atoms with Gasteiger partial charge in [-0.3, -0.25) is 19.2 Å². The Morgan fingerprint density at radius 2 is 1.77 bits per heavy atom. The van der Waals surface area contributed by atoms with Crippen molar-refractivity contribution in [1.29, 1.82) is 0 Å². The average Bonchev–Trinajstić information content (AvgIpc) is 2.88. The maximum absolute atomic E-state index is 13.5. The fourth-order valence-electron chi connectivity index (χ4n) is 6.17. The Morgan fingerprint density at radius 1 is 1.05 bits per heavy atom. The quantitative estimate of drug-likeness (QED) is 0.205. The number of hydrogen-bond donors (Lipinski definition) is 7. The van der Waals surface area contributed by atoms with E-state index in [0.29, 0.717) is 6.54 Å². The molecule has 11 nitrogen and oxygen atoms in total. The van der Waals surface area contributed by atoms with Crippen molar-refractivity contribution in [3.8, 4) is 5.75 Å². The number of nitrogens with one attached hydrogen (secondary N) is 2. The molecule has 2 amide bonds. The summed E-state index contributed by atoms with van der Waals surface area (Å²) in [6.07, 6.45) is -1.57. The number of phenolic OH excluding ortho intramolecular Hbond substituents is 1. The number of aliphatic hydroxyl groups excluding tert-OH is 2. The van der Waals surface area contributed by atoms with E-state index in [2.05, 4.69) is 10.6 Å². The standard InChI is InChI=1S/C28H29N3O8/c29-27(38)21-16-6-7-18(31-20(34)12-30-11-13-4-2-1-3-5-13)24(35)22(16)25(36)23-17(21)9-14-8-15(32)10-19(33)28(14,39)26(23)37/h1-7,14-15,17,21,30,32,35-36,39H,8-12H2,(H2,29,38)(H,31,34). The van der Waals surface area contributed by atoms with Crippen LogP contribution >= 0.6 is 0 Å². The number of carbonyl (C=O) groups excluding carboxylic acids is 4. The summed E-state index contributed by atoms with van der Waals surface area (Å²) in [6, 6.07) is 12.2. The van der Waals surface area contributed by atoms with Gasteiger partial charge in [0.25, 0.3) is 0 Å². The molecule has 204 valence electrons. The molecule has 2 aromatic carbocycles. The number of fused-ring (bicyclic) bond motifs is 3. The lowest BCUT2D eigenvalue weighted by atomic mass is 9.56. The minimum absolute atomic E-state index is 0.0363. The van der Waals surface area contributed by atoms with Crippen molar-refractivity contribution in [3.63, 3.8) is 0 Å². The SMILES string of the molecule is NC(=O)C1c2ccc(NC(=O)CNCc3ccccc3)c(O)c2C(O)=C2C(=O)C3(O)C(=O)CC(O)CC3CC21. The number of primary amides is 1. The van der Waals surface area contributed by atoms with E-state index in [0.717, 1.165) is 5.56 Å². The first-order chi connectivity index (χ1) is 18.5. The lowest BCUT2D eigenvalue weighted by Gasteiger charge is -2.48. The second-order valence-electron chi connectivity index (χ2n) is 10.4. The maximum Gasteiger partial charge on any atom is 0.238 e. The molecule has 11 heteroatoms. The van der Waals surface area contributed by atoms with Crippen LogP contribution in [0.4, 0.5) is 5.69 Å². The second kappa shape index (κ2) is 9.92. The molecule has 2 fully saturated rings. The van der Waals surface area contributed by atoms with Crippen LogP contribution in [0.3, 0.4) is 0 Å². The number of carbonyl (C=O) groups is 4. The van der Waals surface area contributed by atoms with Crippen LogP contribution in [-0.2, 0) is 25.7 Å². The van der Waals surface area contributed by atoms with Gasteiger partial charge in [-0.05, 0) is 30.0 Å². The van der Waals surface area contributed by atoms with E-state index in [1.165, 1.54) is 12.1 Å². The molecule has 5 unspecified atom stereocenters. The van der Waals surface area contributed by atoms with Crippen LogP contribution < -0.4 is 16.4 Å². The molecule has 0 heterocycles. The number of ketones is 2. The minimum Gasteiger partial charge on any atom is -0.507 e. The zero-order valence-electron chi connectivity index (χ0n) is 20.9. The monoisotopic (exact) mass is 535 g/mol. The molecule has 0 bridgehead atoms. The summed E-state index contributed by atoms with van der Waals surface area (Å²) in [6.45, 7) is 0.339. The van der Waals surface area contributed by atoms with Crippen molar-refractivity contribution in [3.05, 3.63) is 64.7 Å². The van der Waals surface area contributed by atoms with Gasteiger partial charge in [-0.1, -0.05) is 36.4 Å². The molecule has 5 rings (SSSR count). The normalized spacial score (nSPS) is 27.8. The smallest absolute Gasteiger partial charge is 0.238 e. The third-order valence-corrected chi connectivity index (χ3v) is 7.97. The van der Waals surface area contributed by atoms with Crippen LogP contribution in [0.5, 0.6) is 5.75 Å². The summed E-state index contributed by atoms with van der Waals surface area (Å²) in [5.41, 5.74) is 3.63. The number of anilines is 1. The Morgan fingerprint density at radius 3 is 2.46 bits per heavy atom. The predicted molar refractivity (Wildman–Crippen MR) is 138 cm³/mol. The highest BCUT2D eigenvalue weighted by Gasteiger charge is 2.62. The van der Waals surface area contributed by atoms with Crippen LogP contribution in [0.25, 0.3) is 5.76 Å². The molecule has 0 spiro atoms. The number of benzene rings is 2. The molecule has 39 heavy (non-hydrogen) atoms. The molecule has 0 radical (unpaired) electrons. The van der Waals surface area contributed by atoms with Crippen LogP contribution in [0, 0.1) is 11.8 Å². The van der Waals surface area contributed by atoms with Gasteiger partial charge >= 0.3 is 0 Å². The Labute approximate surface area is 223 Å². The van der Waals surface area contributed by atoms with Crippen molar-refractivity contribution < 1.29 is 39.6 Å². The first kappa shape index (κ1) is 26.5. The first-order valence-corrected chi connectivity index (χ1v) is 12.7. The highest BCUT2D eigenvalue weighted by molar-refractivity contribution is 6.22. The summed E-state index contributed by atoms with van der Waals surface area (Å²) in [5, 5.41) is 49.1. The molecule has 3 aliphatic rings. The van der Waals surface area contributed by atoms with Crippen molar-refractivity contribution in [2.75, 3.05) is 11.9 Å². The average molecular weight is 536 g/mol. The number of hydrogen-bond acceptors (Lipinski definition) is 9. The molecule has 2 aromatic rings. The van der Waals surface area contributed by atoms with Crippen LogP contribution in [0.2, 0.25) is 0 Å². The summed E-state index contributed by atoms with van der Waals surface area (Å²) in [7, 11) is 0. The maximum atomic E-state index is 13.5. The number of Topliss-reactive ketones (excluding diaryl/α,β-unsaturated/α-hetero) is 2. The van der Waals surface area contributed by atoms with Gasteiger partial charge in [0, 0.05) is 30.4 Å². The summed E-state index contributed by atoms with van der Waals surface area (Å²) >= 11 is 0. The number of phenols is 1. The van der Waals surface area contributed by atoms with Crippen molar-refractivity contribution in [1.82, 2.24) is 5.32 Å². The Balaban J connectivity index is 1.47. The highest BCUT2D eigenvalue weighted by atomic mass is 16.3. The van der Waals surface area contributed by atoms with E-state index in [-0.39, 0.29) is 41.8 Å². The van der Waals surface area contributed by atoms with Crippen LogP contribution in [-0.4, -0.2) is 62.1 Å². The first-order valence-electron chi connectivity index (χ1n) is 12.7. The Kier molecular flexibility index (Phi) is 6.75. The van der Waals surface area contributed by atoms with Gasteiger partial charge in [0.15, 0.2) is 11.4 Å². The van der Waals surface area contributed by atoms with Crippen molar-refractivity contribution in [2.24, 2.45) is 17.6 Å². The van der Waals surface area contributed by atoms with Gasteiger partial charge in [0.05, 0.1) is 29.8 Å². The van der Waals surface area contributed by atoms with Gasteiger partial charge in [-0.15, -0.1) is 0 Å². The van der Waals surface area contributed by atoms with Gasteiger partial charge < -0.3 is 36.8 Å². The molecular formula is C28H29N3O8. The summed E-state index contributed by atoms with van der Waals surface area (Å²) < 4.78 is 0. The fraction of sp³-hybridized carbons (Fsp3) is 0.357. The van der Waals surface area contributed by atoms with Crippen LogP contribution in [0.15, 0.2) is 48.0 Å². The second-order valence-corrected chi connectivity index (χ2v) is 10.4. The molecule has 0 aliphatic heterocycles. The molecule has 2 saturated carbocycles. The predicted octanol–water partition coefficient (Wildman–Crippen LogP) is 0.632. The van der Waals surface area contributed by atoms with Crippen molar-refractivity contribution >= 4 is 34.8 Å². The number of rotatable bonds is 6. The lowest BCUT2D eigenvalue weighted by molar-refractivity contribution is -0.167. The topological polar surface area (TPSA) is 199 Å². The number of aromatic hydroxyl groups is 1. The number of nitrogens with two attached hydrogens (primary N) is 1. The van der Waals surface area contributed by atoms with E-state index in [1.54, 1.807) is 0 Å². The van der Waals surface area contributed by atoms with E-state index < -0.39 is 70.8 Å². The number of aliphatic hydroxyl groups is 3. The molecule has 8 N–H and O–H groups in total. The molecule has 0 saturated heterocycles. The highest BCUT2D eigenvalue weighted by Crippen LogP contribution is 2.55. The zero-order valence-corrected chi connectivity index (χ0v) is 20.9. The van der Waals surface area contributed by atoms with E-state index in [1.807, 2.05) is 30.3 Å².